The van der Waals surface area contributed by atoms with Gasteiger partial charge in [-0.15, -0.1) is 0 Å². The lowest BCUT2D eigenvalue weighted by Gasteiger charge is -2.14. The van der Waals surface area contributed by atoms with Crippen LogP contribution in [0.3, 0.4) is 0 Å². The highest BCUT2D eigenvalue weighted by molar-refractivity contribution is 5.92. The zero-order chi connectivity index (χ0) is 14.5. The predicted octanol–water partition coefficient (Wildman–Crippen LogP) is 3.85. The van der Waals surface area contributed by atoms with E-state index in [1.807, 2.05) is 12.1 Å². The molecule has 0 atom stereocenters. The molecule has 2 N–H and O–H groups in total. The van der Waals surface area contributed by atoms with Gasteiger partial charge in [0.2, 0.25) is 5.91 Å². The van der Waals surface area contributed by atoms with Gasteiger partial charge in [0.15, 0.2) is 0 Å². The second kappa shape index (κ2) is 7.08. The Morgan fingerprint density at radius 2 is 1.81 bits per heavy atom. The van der Waals surface area contributed by atoms with E-state index in [0.29, 0.717) is 6.04 Å². The Kier molecular flexibility index (Phi) is 4.91. The maximum Gasteiger partial charge on any atom is 0.227 e. The molecule has 0 spiro atoms. The quantitative estimate of drug-likeness (QED) is 0.807. The number of amides is 1. The first kappa shape index (κ1) is 14.6. The lowest BCUT2D eigenvalue weighted by Crippen LogP contribution is -2.22. The van der Waals surface area contributed by atoms with Crippen LogP contribution in [-0.2, 0) is 11.3 Å². The van der Waals surface area contributed by atoms with Crippen LogP contribution in [0, 0.1) is 5.92 Å². The summed E-state index contributed by atoms with van der Waals surface area (Å²) in [5.41, 5.74) is 2.19. The van der Waals surface area contributed by atoms with Crippen LogP contribution in [0.15, 0.2) is 24.3 Å². The van der Waals surface area contributed by atoms with Crippen LogP contribution in [0.5, 0.6) is 0 Å². The molecule has 1 aromatic rings. The standard InChI is InChI=1S/C18H26N2O/c21-18(15-7-3-1-2-4-8-15)20-17-9-5-6-14(12-17)13-19-16-10-11-16/h5-6,9,12,15-16,19H,1-4,7-8,10-11,13H2,(H,20,21). The summed E-state index contributed by atoms with van der Waals surface area (Å²) in [5.74, 6) is 0.421. The van der Waals surface area contributed by atoms with E-state index in [-0.39, 0.29) is 11.8 Å². The fourth-order valence-corrected chi connectivity index (χ4v) is 3.09. The van der Waals surface area contributed by atoms with Crippen molar-refractivity contribution < 1.29 is 4.79 Å². The van der Waals surface area contributed by atoms with Crippen molar-refractivity contribution in [2.75, 3.05) is 5.32 Å². The Labute approximate surface area is 127 Å². The highest BCUT2D eigenvalue weighted by Crippen LogP contribution is 2.24. The van der Waals surface area contributed by atoms with Gasteiger partial charge in [-0.3, -0.25) is 4.79 Å². The highest BCUT2D eigenvalue weighted by atomic mass is 16.1. The summed E-state index contributed by atoms with van der Waals surface area (Å²) in [7, 11) is 0. The van der Waals surface area contributed by atoms with Crippen molar-refractivity contribution in [1.29, 1.82) is 0 Å². The van der Waals surface area contributed by atoms with Gasteiger partial charge >= 0.3 is 0 Å². The molecule has 114 valence electrons. The van der Waals surface area contributed by atoms with Gasteiger partial charge in [0.25, 0.3) is 0 Å². The van der Waals surface area contributed by atoms with Crippen molar-refractivity contribution in [1.82, 2.24) is 5.32 Å². The molecule has 0 bridgehead atoms. The van der Waals surface area contributed by atoms with E-state index in [1.54, 1.807) is 0 Å². The monoisotopic (exact) mass is 286 g/mol. The molecule has 2 fully saturated rings. The lowest BCUT2D eigenvalue weighted by atomic mass is 9.99. The van der Waals surface area contributed by atoms with E-state index in [1.165, 1.54) is 44.1 Å². The average molecular weight is 286 g/mol. The number of anilines is 1. The average Bonchev–Trinajstić information content (AvgIpc) is 3.32. The molecule has 3 heteroatoms. The number of benzene rings is 1. The molecular formula is C18H26N2O. The maximum atomic E-state index is 12.4. The number of hydrogen-bond acceptors (Lipinski definition) is 2. The lowest BCUT2D eigenvalue weighted by molar-refractivity contribution is -0.120. The topological polar surface area (TPSA) is 41.1 Å². The van der Waals surface area contributed by atoms with E-state index < -0.39 is 0 Å². The van der Waals surface area contributed by atoms with Gasteiger partial charge in [-0.1, -0.05) is 37.8 Å². The number of hydrogen-bond donors (Lipinski definition) is 2. The Morgan fingerprint density at radius 3 is 2.52 bits per heavy atom. The Hall–Kier alpha value is -1.35. The third kappa shape index (κ3) is 4.57. The largest absolute Gasteiger partial charge is 0.326 e. The molecule has 0 heterocycles. The highest BCUT2D eigenvalue weighted by Gasteiger charge is 2.21. The molecule has 0 aromatic heterocycles. The van der Waals surface area contributed by atoms with Gasteiger partial charge in [-0.2, -0.15) is 0 Å². The van der Waals surface area contributed by atoms with E-state index in [0.717, 1.165) is 25.1 Å². The minimum absolute atomic E-state index is 0.209. The van der Waals surface area contributed by atoms with Crippen LogP contribution in [0.2, 0.25) is 0 Å². The Morgan fingerprint density at radius 1 is 1.05 bits per heavy atom. The molecule has 0 aliphatic heterocycles. The zero-order valence-corrected chi connectivity index (χ0v) is 12.7. The summed E-state index contributed by atoms with van der Waals surface area (Å²) in [4.78, 5) is 12.4. The smallest absolute Gasteiger partial charge is 0.227 e. The van der Waals surface area contributed by atoms with Crippen LogP contribution in [0.4, 0.5) is 5.69 Å². The Bertz CT molecular complexity index is 474. The second-order valence-electron chi connectivity index (χ2n) is 6.53. The SMILES string of the molecule is O=C(Nc1cccc(CNC2CC2)c1)C1CCCCCC1. The zero-order valence-electron chi connectivity index (χ0n) is 12.7. The molecule has 0 saturated heterocycles. The molecule has 2 saturated carbocycles. The van der Waals surface area contributed by atoms with Gasteiger partial charge in [-0.25, -0.2) is 0 Å². The molecule has 1 aromatic carbocycles. The fraction of sp³-hybridized carbons (Fsp3) is 0.611. The van der Waals surface area contributed by atoms with Crippen molar-refractivity contribution in [2.45, 2.75) is 64.0 Å². The van der Waals surface area contributed by atoms with Crippen molar-refractivity contribution >= 4 is 11.6 Å². The normalized spacial score (nSPS) is 20.0. The summed E-state index contributed by atoms with van der Waals surface area (Å²) in [6.45, 7) is 0.901. The molecule has 1 amide bonds. The third-order valence-corrected chi connectivity index (χ3v) is 4.59. The molecule has 0 unspecified atom stereocenters. The van der Waals surface area contributed by atoms with Crippen molar-refractivity contribution in [3.05, 3.63) is 29.8 Å². The van der Waals surface area contributed by atoms with E-state index >= 15 is 0 Å². The Balaban J connectivity index is 1.55. The predicted molar refractivity (Wildman–Crippen MR) is 86.1 cm³/mol. The van der Waals surface area contributed by atoms with Gasteiger partial charge < -0.3 is 10.6 Å². The number of rotatable bonds is 5. The molecule has 2 aliphatic rings. The van der Waals surface area contributed by atoms with Gasteiger partial charge in [0, 0.05) is 24.2 Å². The summed E-state index contributed by atoms with van der Waals surface area (Å²) >= 11 is 0. The summed E-state index contributed by atoms with van der Waals surface area (Å²) in [5, 5.41) is 6.63. The first-order valence-corrected chi connectivity index (χ1v) is 8.44. The number of nitrogens with one attached hydrogen (secondary N) is 2. The van der Waals surface area contributed by atoms with Gasteiger partial charge in [0.1, 0.15) is 0 Å². The first-order valence-electron chi connectivity index (χ1n) is 8.44. The molecule has 3 rings (SSSR count). The third-order valence-electron chi connectivity index (χ3n) is 4.59. The summed E-state index contributed by atoms with van der Waals surface area (Å²) < 4.78 is 0. The van der Waals surface area contributed by atoms with Crippen LogP contribution >= 0.6 is 0 Å². The second-order valence-corrected chi connectivity index (χ2v) is 6.53. The van der Waals surface area contributed by atoms with Crippen molar-refractivity contribution in [3.8, 4) is 0 Å². The van der Waals surface area contributed by atoms with E-state index in [9.17, 15) is 4.79 Å². The van der Waals surface area contributed by atoms with Gasteiger partial charge in [0.05, 0.1) is 0 Å². The minimum atomic E-state index is 0.209. The minimum Gasteiger partial charge on any atom is -0.326 e. The van der Waals surface area contributed by atoms with Crippen LogP contribution in [-0.4, -0.2) is 11.9 Å². The molecule has 2 aliphatic carbocycles. The van der Waals surface area contributed by atoms with Crippen LogP contribution < -0.4 is 10.6 Å². The van der Waals surface area contributed by atoms with Crippen LogP contribution in [0.25, 0.3) is 0 Å². The summed E-state index contributed by atoms with van der Waals surface area (Å²) in [6.07, 6.45) is 9.67. The molecular weight excluding hydrogens is 260 g/mol. The number of carbonyl (C=O) groups excluding carboxylic acids is 1. The molecule has 3 nitrogen and oxygen atoms in total. The fourth-order valence-electron chi connectivity index (χ4n) is 3.09. The van der Waals surface area contributed by atoms with Crippen LogP contribution in [0.1, 0.15) is 56.9 Å². The van der Waals surface area contributed by atoms with E-state index in [2.05, 4.69) is 22.8 Å². The molecule has 21 heavy (non-hydrogen) atoms. The maximum absolute atomic E-state index is 12.4. The van der Waals surface area contributed by atoms with E-state index in [4.69, 9.17) is 0 Å². The first-order chi connectivity index (χ1) is 10.3. The van der Waals surface area contributed by atoms with Crippen molar-refractivity contribution in [3.63, 3.8) is 0 Å². The summed E-state index contributed by atoms with van der Waals surface area (Å²) in [6, 6.07) is 8.97. The van der Waals surface area contributed by atoms with Crippen molar-refractivity contribution in [2.24, 2.45) is 5.92 Å². The molecule has 0 radical (unpaired) electrons. The van der Waals surface area contributed by atoms with Gasteiger partial charge in [-0.05, 0) is 43.4 Å². The number of carbonyl (C=O) groups is 1.